The third kappa shape index (κ3) is 3.63. The fraction of sp³-hybridized carbons (Fsp3) is 0.533. The molecule has 0 radical (unpaired) electrons. The van der Waals surface area contributed by atoms with Gasteiger partial charge in [-0.1, -0.05) is 6.07 Å². The molecule has 0 heterocycles. The van der Waals surface area contributed by atoms with Crippen molar-refractivity contribution < 1.29 is 14.3 Å². The first-order chi connectivity index (χ1) is 9.51. The van der Waals surface area contributed by atoms with Gasteiger partial charge in [0.15, 0.2) is 6.10 Å². The van der Waals surface area contributed by atoms with Crippen molar-refractivity contribution in [2.75, 3.05) is 7.11 Å². The Labute approximate surface area is 119 Å². The molecule has 2 unspecified atom stereocenters. The summed E-state index contributed by atoms with van der Waals surface area (Å²) in [4.78, 5) is 11.9. The summed E-state index contributed by atoms with van der Waals surface area (Å²) in [6, 6.07) is 5.62. The van der Waals surface area contributed by atoms with E-state index in [1.165, 1.54) is 0 Å². The van der Waals surface area contributed by atoms with Gasteiger partial charge in [-0.15, -0.1) is 0 Å². The van der Waals surface area contributed by atoms with Gasteiger partial charge < -0.3 is 20.5 Å². The van der Waals surface area contributed by atoms with Crippen LogP contribution in [0.1, 0.15) is 38.3 Å². The van der Waals surface area contributed by atoms with Crippen molar-refractivity contribution in [2.45, 2.75) is 44.9 Å². The van der Waals surface area contributed by atoms with Crippen LogP contribution < -0.4 is 20.5 Å². The molecule has 1 aromatic carbocycles. The number of nitrogens with one attached hydrogen (secondary N) is 1. The molecule has 1 fully saturated rings. The largest absolute Gasteiger partial charge is 0.497 e. The quantitative estimate of drug-likeness (QED) is 0.831. The molecule has 2 rings (SSSR count). The molecule has 5 heteroatoms. The fourth-order valence-electron chi connectivity index (χ4n) is 1.91. The summed E-state index contributed by atoms with van der Waals surface area (Å²) in [5.74, 6) is 1.18. The Morgan fingerprint density at radius 2 is 2.10 bits per heavy atom. The van der Waals surface area contributed by atoms with Gasteiger partial charge in [0.2, 0.25) is 0 Å². The predicted octanol–water partition coefficient (Wildman–Crippen LogP) is 1.76. The Morgan fingerprint density at radius 3 is 2.65 bits per heavy atom. The summed E-state index contributed by atoms with van der Waals surface area (Å²) in [5.41, 5.74) is 6.79. The van der Waals surface area contributed by atoms with Crippen LogP contribution in [0.4, 0.5) is 0 Å². The number of carbonyl (C=O) groups excluding carboxylic acids is 1. The first kappa shape index (κ1) is 14.7. The lowest BCUT2D eigenvalue weighted by Crippen LogP contribution is -2.37. The van der Waals surface area contributed by atoms with E-state index in [0.29, 0.717) is 17.5 Å². The van der Waals surface area contributed by atoms with Crippen molar-refractivity contribution in [2.24, 2.45) is 5.73 Å². The Hall–Kier alpha value is -1.75. The summed E-state index contributed by atoms with van der Waals surface area (Å²) in [5, 5.41) is 2.92. The molecule has 1 saturated carbocycles. The summed E-state index contributed by atoms with van der Waals surface area (Å²) >= 11 is 0. The molecule has 0 aliphatic heterocycles. The minimum absolute atomic E-state index is 0.0917. The molecule has 0 spiro atoms. The number of ether oxygens (including phenoxy) is 2. The molecule has 0 bridgehead atoms. The predicted molar refractivity (Wildman–Crippen MR) is 76.9 cm³/mol. The van der Waals surface area contributed by atoms with Crippen molar-refractivity contribution in [1.29, 1.82) is 0 Å². The Morgan fingerprint density at radius 1 is 1.40 bits per heavy atom. The van der Waals surface area contributed by atoms with Crippen LogP contribution in [0.25, 0.3) is 0 Å². The Kier molecular flexibility index (Phi) is 4.49. The molecule has 1 aliphatic carbocycles. The zero-order valence-electron chi connectivity index (χ0n) is 12.2. The Bertz CT molecular complexity index is 484. The van der Waals surface area contributed by atoms with Crippen LogP contribution in [0.15, 0.2) is 18.2 Å². The standard InChI is InChI=1S/C15H22N2O3/c1-9(16)13-7-6-12(19-3)8-14(13)20-10(2)15(18)17-11-4-5-11/h6-11H,4-5,16H2,1-3H3,(H,17,18). The summed E-state index contributed by atoms with van der Waals surface area (Å²) < 4.78 is 11.0. The van der Waals surface area contributed by atoms with E-state index < -0.39 is 6.10 Å². The van der Waals surface area contributed by atoms with Gasteiger partial charge in [0.1, 0.15) is 11.5 Å². The van der Waals surface area contributed by atoms with Crippen LogP contribution in [-0.4, -0.2) is 25.2 Å². The second-order valence-electron chi connectivity index (χ2n) is 5.24. The molecule has 110 valence electrons. The maximum Gasteiger partial charge on any atom is 0.260 e. The van der Waals surface area contributed by atoms with Crippen LogP contribution in [0.2, 0.25) is 0 Å². The summed E-state index contributed by atoms with van der Waals surface area (Å²) in [6.45, 7) is 3.62. The van der Waals surface area contributed by atoms with E-state index in [0.717, 1.165) is 18.4 Å². The molecule has 1 aromatic rings. The number of amides is 1. The number of carbonyl (C=O) groups is 1. The summed E-state index contributed by atoms with van der Waals surface area (Å²) in [6.07, 6.45) is 1.56. The molecular formula is C15H22N2O3. The van der Waals surface area contributed by atoms with E-state index in [1.807, 2.05) is 19.1 Å². The number of hydrogen-bond acceptors (Lipinski definition) is 4. The van der Waals surface area contributed by atoms with E-state index in [4.69, 9.17) is 15.2 Å². The van der Waals surface area contributed by atoms with Crippen molar-refractivity contribution in [1.82, 2.24) is 5.32 Å². The van der Waals surface area contributed by atoms with E-state index >= 15 is 0 Å². The highest BCUT2D eigenvalue weighted by atomic mass is 16.5. The average molecular weight is 278 g/mol. The van der Waals surface area contributed by atoms with Crippen LogP contribution >= 0.6 is 0 Å². The zero-order chi connectivity index (χ0) is 14.7. The van der Waals surface area contributed by atoms with Gasteiger partial charge in [-0.3, -0.25) is 4.79 Å². The molecule has 1 aliphatic rings. The lowest BCUT2D eigenvalue weighted by molar-refractivity contribution is -0.127. The van der Waals surface area contributed by atoms with Gasteiger partial charge in [-0.25, -0.2) is 0 Å². The zero-order valence-corrected chi connectivity index (χ0v) is 12.2. The molecule has 0 aromatic heterocycles. The van der Waals surface area contributed by atoms with Crippen LogP contribution in [0.3, 0.4) is 0 Å². The highest BCUT2D eigenvalue weighted by Gasteiger charge is 2.26. The van der Waals surface area contributed by atoms with Crippen molar-refractivity contribution >= 4 is 5.91 Å². The third-order valence-electron chi connectivity index (χ3n) is 3.31. The van der Waals surface area contributed by atoms with Crippen LogP contribution in [0, 0.1) is 0 Å². The van der Waals surface area contributed by atoms with Gasteiger partial charge in [0, 0.05) is 23.7 Å². The monoisotopic (exact) mass is 278 g/mol. The van der Waals surface area contributed by atoms with Gasteiger partial charge in [-0.05, 0) is 32.8 Å². The van der Waals surface area contributed by atoms with E-state index in [-0.39, 0.29) is 11.9 Å². The minimum Gasteiger partial charge on any atom is -0.497 e. The number of rotatable bonds is 6. The van der Waals surface area contributed by atoms with Crippen molar-refractivity contribution in [3.63, 3.8) is 0 Å². The first-order valence-corrected chi connectivity index (χ1v) is 6.91. The number of benzene rings is 1. The smallest absolute Gasteiger partial charge is 0.260 e. The fourth-order valence-corrected chi connectivity index (χ4v) is 1.91. The van der Waals surface area contributed by atoms with Gasteiger partial charge >= 0.3 is 0 Å². The van der Waals surface area contributed by atoms with Crippen LogP contribution in [0.5, 0.6) is 11.5 Å². The van der Waals surface area contributed by atoms with Gasteiger partial charge in [0.25, 0.3) is 5.91 Å². The highest BCUT2D eigenvalue weighted by molar-refractivity contribution is 5.81. The molecule has 2 atom stereocenters. The SMILES string of the molecule is COc1ccc(C(C)N)c(OC(C)C(=O)NC2CC2)c1. The Balaban J connectivity index is 2.10. The number of hydrogen-bond donors (Lipinski definition) is 2. The van der Waals surface area contributed by atoms with Gasteiger partial charge in [-0.2, -0.15) is 0 Å². The summed E-state index contributed by atoms with van der Waals surface area (Å²) in [7, 11) is 1.59. The normalized spacial score (nSPS) is 17.2. The third-order valence-corrected chi connectivity index (χ3v) is 3.31. The lowest BCUT2D eigenvalue weighted by atomic mass is 10.1. The van der Waals surface area contributed by atoms with E-state index in [1.54, 1.807) is 20.1 Å². The first-order valence-electron chi connectivity index (χ1n) is 6.91. The maximum absolute atomic E-state index is 11.9. The number of nitrogens with two attached hydrogens (primary N) is 1. The second kappa shape index (κ2) is 6.13. The molecule has 1 amide bonds. The lowest BCUT2D eigenvalue weighted by Gasteiger charge is -2.19. The van der Waals surface area contributed by atoms with Crippen molar-refractivity contribution in [3.8, 4) is 11.5 Å². The molecular weight excluding hydrogens is 256 g/mol. The highest BCUT2D eigenvalue weighted by Crippen LogP contribution is 2.29. The second-order valence-corrected chi connectivity index (χ2v) is 5.24. The average Bonchev–Trinajstić information content (AvgIpc) is 3.22. The maximum atomic E-state index is 11.9. The van der Waals surface area contributed by atoms with E-state index in [9.17, 15) is 4.79 Å². The van der Waals surface area contributed by atoms with Crippen LogP contribution in [-0.2, 0) is 4.79 Å². The van der Waals surface area contributed by atoms with Crippen molar-refractivity contribution in [3.05, 3.63) is 23.8 Å². The molecule has 5 nitrogen and oxygen atoms in total. The molecule has 3 N–H and O–H groups in total. The number of methoxy groups -OCH3 is 1. The molecule has 20 heavy (non-hydrogen) atoms. The van der Waals surface area contributed by atoms with E-state index in [2.05, 4.69) is 5.32 Å². The molecule has 0 saturated heterocycles. The topological polar surface area (TPSA) is 73.6 Å². The van der Waals surface area contributed by atoms with Gasteiger partial charge in [0.05, 0.1) is 7.11 Å². The minimum atomic E-state index is -0.555.